The van der Waals surface area contributed by atoms with Gasteiger partial charge in [0.1, 0.15) is 9.98 Å². The highest BCUT2D eigenvalue weighted by Gasteiger charge is 2.33. The average Bonchev–Trinajstić information content (AvgIpc) is 2.83. The third-order valence-corrected chi connectivity index (χ3v) is 6.38. The van der Waals surface area contributed by atoms with E-state index >= 15 is 0 Å². The number of thiophene rings is 1. The lowest BCUT2D eigenvalue weighted by Gasteiger charge is -2.33. The predicted octanol–water partition coefficient (Wildman–Crippen LogP) is 5.09. The molecule has 0 spiro atoms. The van der Waals surface area contributed by atoms with Gasteiger partial charge < -0.3 is 4.74 Å². The van der Waals surface area contributed by atoms with Gasteiger partial charge in [0.15, 0.2) is 5.16 Å². The van der Waals surface area contributed by atoms with E-state index in [4.69, 9.17) is 16.3 Å². The summed E-state index contributed by atoms with van der Waals surface area (Å²) >= 11 is 9.82. The normalized spacial score (nSPS) is 21.7. The second-order valence-corrected chi connectivity index (χ2v) is 8.10. The first kappa shape index (κ1) is 15.5. The minimum absolute atomic E-state index is 0.0973. The van der Waals surface area contributed by atoms with Crippen LogP contribution in [0.1, 0.15) is 44.1 Å². The lowest BCUT2D eigenvalue weighted by atomic mass is 9.90. The molecule has 1 atom stereocenters. The molecule has 2 aromatic heterocycles. The number of hydrogen-bond donors (Lipinski definition) is 0. The van der Waals surface area contributed by atoms with Crippen LogP contribution in [-0.4, -0.2) is 21.3 Å². The first-order valence-corrected chi connectivity index (χ1v) is 9.49. The Bertz CT molecular complexity index is 673. The van der Waals surface area contributed by atoms with E-state index in [2.05, 4.69) is 30.7 Å². The molecule has 3 nitrogen and oxygen atoms in total. The molecule has 0 amide bonds. The Kier molecular flexibility index (Phi) is 4.46. The summed E-state index contributed by atoms with van der Waals surface area (Å²) < 4.78 is 6.02. The summed E-state index contributed by atoms with van der Waals surface area (Å²) in [5.74, 6) is 1.02. The summed E-state index contributed by atoms with van der Waals surface area (Å²) in [6.07, 6.45) is 2.99. The Hall–Kier alpha value is -0.360. The van der Waals surface area contributed by atoms with Crippen molar-refractivity contribution >= 4 is 44.9 Å². The van der Waals surface area contributed by atoms with E-state index in [1.807, 2.05) is 0 Å². The van der Waals surface area contributed by atoms with Gasteiger partial charge >= 0.3 is 0 Å². The second-order valence-electron chi connectivity index (χ2n) is 5.60. The smallest absolute Gasteiger partial charge is 0.190 e. The fourth-order valence-electron chi connectivity index (χ4n) is 2.49. The molecule has 0 N–H and O–H groups in total. The monoisotopic (exact) mass is 342 g/mol. The van der Waals surface area contributed by atoms with Gasteiger partial charge in [0, 0.05) is 17.1 Å². The summed E-state index contributed by atoms with van der Waals surface area (Å²) in [7, 11) is 0. The van der Waals surface area contributed by atoms with Gasteiger partial charge in [-0.15, -0.1) is 11.3 Å². The van der Waals surface area contributed by atoms with Crippen LogP contribution in [-0.2, 0) is 17.8 Å². The van der Waals surface area contributed by atoms with Crippen molar-refractivity contribution in [3.05, 3.63) is 15.6 Å². The van der Waals surface area contributed by atoms with Crippen LogP contribution in [0, 0.1) is 0 Å². The van der Waals surface area contributed by atoms with Crippen LogP contribution < -0.4 is 0 Å². The first-order valence-electron chi connectivity index (χ1n) is 7.31. The number of thioether (sulfide) groups is 1. The van der Waals surface area contributed by atoms with Crippen LogP contribution in [0.15, 0.2) is 5.16 Å². The molecule has 6 heteroatoms. The van der Waals surface area contributed by atoms with E-state index in [0.29, 0.717) is 11.8 Å². The van der Waals surface area contributed by atoms with E-state index in [-0.39, 0.29) is 5.60 Å². The van der Waals surface area contributed by atoms with E-state index in [1.165, 1.54) is 10.4 Å². The fraction of sp³-hybridized carbons (Fsp3) is 0.600. The standard InChI is InChI=1S/C15H19ClN2OS2/c1-4-6-20-14-17-12(16)11-9-7-15(3,5-2)19-8-10(9)21-13(11)18-14/h4-8H2,1-3H3. The quantitative estimate of drug-likeness (QED) is 0.440. The van der Waals surface area contributed by atoms with Crippen LogP contribution in [0.3, 0.4) is 0 Å². The van der Waals surface area contributed by atoms with Crippen molar-refractivity contribution in [1.82, 2.24) is 9.97 Å². The molecule has 2 aromatic rings. The maximum atomic E-state index is 6.46. The number of halogens is 1. The van der Waals surface area contributed by atoms with Crippen molar-refractivity contribution < 1.29 is 4.74 Å². The Morgan fingerprint density at radius 2 is 2.19 bits per heavy atom. The molecule has 1 aliphatic rings. The maximum Gasteiger partial charge on any atom is 0.190 e. The minimum Gasteiger partial charge on any atom is -0.369 e. The third kappa shape index (κ3) is 2.93. The highest BCUT2D eigenvalue weighted by Crippen LogP contribution is 2.42. The van der Waals surface area contributed by atoms with Gasteiger partial charge in [-0.3, -0.25) is 0 Å². The van der Waals surface area contributed by atoms with Crippen molar-refractivity contribution in [3.8, 4) is 0 Å². The number of nitrogens with zero attached hydrogens (tertiary/aromatic N) is 2. The van der Waals surface area contributed by atoms with Crippen LogP contribution in [0.5, 0.6) is 0 Å². The Morgan fingerprint density at radius 1 is 1.38 bits per heavy atom. The molecular formula is C15H19ClN2OS2. The van der Waals surface area contributed by atoms with E-state index in [9.17, 15) is 0 Å². The molecule has 0 radical (unpaired) electrons. The van der Waals surface area contributed by atoms with Gasteiger partial charge in [-0.1, -0.05) is 37.2 Å². The largest absolute Gasteiger partial charge is 0.369 e. The predicted molar refractivity (Wildman–Crippen MR) is 90.6 cm³/mol. The van der Waals surface area contributed by atoms with Crippen LogP contribution in [0.2, 0.25) is 5.15 Å². The first-order chi connectivity index (χ1) is 10.1. The molecule has 114 valence electrons. The molecule has 0 fully saturated rings. The highest BCUT2D eigenvalue weighted by molar-refractivity contribution is 7.99. The zero-order valence-electron chi connectivity index (χ0n) is 12.5. The maximum absolute atomic E-state index is 6.46. The summed E-state index contributed by atoms with van der Waals surface area (Å²) in [5.41, 5.74) is 1.20. The van der Waals surface area contributed by atoms with E-state index in [1.54, 1.807) is 23.1 Å². The van der Waals surface area contributed by atoms with Gasteiger partial charge in [0.05, 0.1) is 17.6 Å². The third-order valence-electron chi connectivity index (χ3n) is 3.96. The fourth-order valence-corrected chi connectivity index (χ4v) is 4.74. The van der Waals surface area contributed by atoms with Gasteiger partial charge in [0.25, 0.3) is 0 Å². The van der Waals surface area contributed by atoms with Gasteiger partial charge in [-0.25, -0.2) is 9.97 Å². The minimum atomic E-state index is -0.0973. The zero-order valence-corrected chi connectivity index (χ0v) is 14.9. The molecule has 0 saturated carbocycles. The Morgan fingerprint density at radius 3 is 2.90 bits per heavy atom. The second kappa shape index (κ2) is 6.03. The molecule has 3 rings (SSSR count). The lowest BCUT2D eigenvalue weighted by Crippen LogP contribution is -2.33. The zero-order chi connectivity index (χ0) is 15.0. The number of hydrogen-bond acceptors (Lipinski definition) is 5. The van der Waals surface area contributed by atoms with Crippen LogP contribution in [0.25, 0.3) is 10.2 Å². The molecule has 21 heavy (non-hydrogen) atoms. The molecule has 3 heterocycles. The molecule has 0 aromatic carbocycles. The molecule has 1 unspecified atom stereocenters. The van der Waals surface area contributed by atoms with Crippen molar-refractivity contribution in [3.63, 3.8) is 0 Å². The van der Waals surface area contributed by atoms with Gasteiger partial charge in [-0.05, 0) is 25.3 Å². The summed E-state index contributed by atoms with van der Waals surface area (Å²) in [5, 5.41) is 2.42. The SMILES string of the molecule is CCCSc1nc(Cl)c2c3c(sc2n1)COC(C)(CC)C3. The molecular weight excluding hydrogens is 324 g/mol. The van der Waals surface area contributed by atoms with Crippen molar-refractivity contribution in [2.75, 3.05) is 5.75 Å². The highest BCUT2D eigenvalue weighted by atomic mass is 35.5. The van der Waals surface area contributed by atoms with E-state index in [0.717, 1.165) is 40.4 Å². The molecule has 1 aliphatic heterocycles. The number of ether oxygens (including phenoxy) is 1. The summed E-state index contributed by atoms with van der Waals surface area (Å²) in [4.78, 5) is 11.4. The van der Waals surface area contributed by atoms with Crippen LogP contribution >= 0.6 is 34.7 Å². The van der Waals surface area contributed by atoms with Crippen LogP contribution in [0.4, 0.5) is 0 Å². The molecule has 0 saturated heterocycles. The topological polar surface area (TPSA) is 35.0 Å². The number of fused-ring (bicyclic) bond motifs is 3. The number of aromatic nitrogens is 2. The summed E-state index contributed by atoms with van der Waals surface area (Å²) in [6, 6.07) is 0. The van der Waals surface area contributed by atoms with Gasteiger partial charge in [-0.2, -0.15) is 0 Å². The van der Waals surface area contributed by atoms with Crippen molar-refractivity contribution in [2.24, 2.45) is 0 Å². The lowest BCUT2D eigenvalue weighted by molar-refractivity contribution is -0.0543. The van der Waals surface area contributed by atoms with Crippen molar-refractivity contribution in [2.45, 2.75) is 57.4 Å². The average molecular weight is 343 g/mol. The van der Waals surface area contributed by atoms with Gasteiger partial charge in [0.2, 0.25) is 0 Å². The Labute approximate surface area is 138 Å². The van der Waals surface area contributed by atoms with E-state index < -0.39 is 0 Å². The Balaban J connectivity index is 2.05. The summed E-state index contributed by atoms with van der Waals surface area (Å²) in [6.45, 7) is 7.14. The molecule has 0 bridgehead atoms. The van der Waals surface area contributed by atoms with Crippen molar-refractivity contribution in [1.29, 1.82) is 0 Å². The molecule has 0 aliphatic carbocycles. The number of rotatable bonds is 4.